The smallest absolute Gasteiger partial charge is 0.158 e. The molecule has 6 rings (SSSR count). The first-order valence-corrected chi connectivity index (χ1v) is 11.7. The molecular weight excluding hydrogens is 402 g/mol. The number of nitrogens with zero attached hydrogens (tertiary/aromatic N) is 3. The molecule has 0 bridgehead atoms. The number of thiophene rings is 1. The van der Waals surface area contributed by atoms with Crippen molar-refractivity contribution in [2.24, 2.45) is 0 Å². The summed E-state index contributed by atoms with van der Waals surface area (Å²) in [6.07, 6.45) is 4.79. The Bertz CT molecular complexity index is 1440. The Morgan fingerprint density at radius 3 is 2.97 bits per heavy atom. The first-order chi connectivity index (χ1) is 15.1. The van der Waals surface area contributed by atoms with Crippen molar-refractivity contribution in [3.05, 3.63) is 65.1 Å². The molecule has 4 aromatic heterocycles. The van der Waals surface area contributed by atoms with Crippen molar-refractivity contribution in [2.45, 2.75) is 39.7 Å². The minimum absolute atomic E-state index is 0.413. The number of rotatable bonds is 3. The third-order valence-electron chi connectivity index (χ3n) is 6.34. The molecule has 5 aromatic rings. The van der Waals surface area contributed by atoms with E-state index in [1.54, 1.807) is 6.33 Å². The largest absolute Gasteiger partial charge is 0.354 e. The minimum Gasteiger partial charge on any atom is -0.354 e. The van der Waals surface area contributed by atoms with Crippen LogP contribution in [0.3, 0.4) is 0 Å². The maximum Gasteiger partial charge on any atom is 0.158 e. The van der Waals surface area contributed by atoms with Gasteiger partial charge in [0.15, 0.2) is 5.65 Å². The molecule has 2 N–H and O–H groups in total. The van der Waals surface area contributed by atoms with E-state index in [0.29, 0.717) is 5.92 Å². The average molecular weight is 428 g/mol. The zero-order valence-electron chi connectivity index (χ0n) is 18.0. The Hall–Kier alpha value is -2.96. The summed E-state index contributed by atoms with van der Waals surface area (Å²) in [4.78, 5) is 9.47. The Kier molecular flexibility index (Phi) is 4.26. The Labute approximate surface area is 185 Å². The second-order valence-corrected chi connectivity index (χ2v) is 9.78. The van der Waals surface area contributed by atoms with E-state index in [-0.39, 0.29) is 0 Å². The van der Waals surface area contributed by atoms with Gasteiger partial charge in [0.25, 0.3) is 0 Å². The molecule has 0 spiro atoms. The summed E-state index contributed by atoms with van der Waals surface area (Å²) in [6.45, 7) is 8.68. The number of hydrogen-bond donors (Lipinski definition) is 2. The molecule has 0 saturated carbocycles. The van der Waals surface area contributed by atoms with Gasteiger partial charge in [0, 0.05) is 23.2 Å². The zero-order valence-corrected chi connectivity index (χ0v) is 18.8. The van der Waals surface area contributed by atoms with Crippen LogP contribution in [-0.2, 0) is 13.0 Å². The van der Waals surface area contributed by atoms with Crippen LogP contribution >= 0.6 is 11.3 Å². The van der Waals surface area contributed by atoms with Crippen molar-refractivity contribution in [3.8, 4) is 21.7 Å². The second kappa shape index (κ2) is 7.04. The lowest BCUT2D eigenvalue weighted by atomic mass is 9.95. The fraction of sp³-hybridized carbons (Fsp3) is 0.280. The molecule has 0 fully saturated rings. The van der Waals surface area contributed by atoms with Crippen LogP contribution in [0.15, 0.2) is 42.9 Å². The minimum atomic E-state index is 0.413. The van der Waals surface area contributed by atoms with Gasteiger partial charge in [-0.2, -0.15) is 5.10 Å². The van der Waals surface area contributed by atoms with Gasteiger partial charge in [-0.1, -0.05) is 32.0 Å². The van der Waals surface area contributed by atoms with Crippen molar-refractivity contribution in [1.29, 1.82) is 0 Å². The molecule has 6 heteroatoms. The highest BCUT2D eigenvalue weighted by Crippen LogP contribution is 2.44. The quantitative estimate of drug-likeness (QED) is 0.389. The highest BCUT2D eigenvalue weighted by atomic mass is 32.1. The Morgan fingerprint density at radius 2 is 2.10 bits per heavy atom. The fourth-order valence-corrected chi connectivity index (χ4v) is 6.27. The monoisotopic (exact) mass is 427 g/mol. The molecule has 1 aromatic carbocycles. The van der Waals surface area contributed by atoms with E-state index < -0.39 is 0 Å². The van der Waals surface area contributed by atoms with E-state index >= 15 is 0 Å². The molecule has 0 radical (unpaired) electrons. The molecule has 5 nitrogen and oxygen atoms in total. The van der Waals surface area contributed by atoms with Gasteiger partial charge in [-0.3, -0.25) is 0 Å². The number of aromatic nitrogens is 4. The number of aryl methyl sites for hydroxylation is 1. The van der Waals surface area contributed by atoms with Crippen LogP contribution in [-0.4, -0.2) is 26.1 Å². The first kappa shape index (κ1) is 18.8. The number of pyridine rings is 1. The highest BCUT2D eigenvalue weighted by Gasteiger charge is 2.22. The lowest BCUT2D eigenvalue weighted by molar-refractivity contribution is 0.645. The van der Waals surface area contributed by atoms with Gasteiger partial charge in [-0.05, 0) is 65.8 Å². The van der Waals surface area contributed by atoms with E-state index in [9.17, 15) is 0 Å². The molecule has 31 heavy (non-hydrogen) atoms. The molecule has 0 unspecified atom stereocenters. The third-order valence-corrected chi connectivity index (χ3v) is 7.54. The summed E-state index contributed by atoms with van der Waals surface area (Å²) in [7, 11) is 0. The Balaban J connectivity index is 1.53. The van der Waals surface area contributed by atoms with Crippen molar-refractivity contribution in [2.75, 3.05) is 6.54 Å². The standard InChI is InChI=1S/C25H25N5S/c1-14(2)22-23(17-9-15(3)25-27-13-28-30(25)12-17)29-20-10-21(31-24(20)22)19-6-4-5-16-11-26-8-7-18(16)19/h4-6,9-10,12-14,26,29H,7-8,11H2,1-3H3. The summed E-state index contributed by atoms with van der Waals surface area (Å²) in [5.74, 6) is 0.413. The topological polar surface area (TPSA) is 58.0 Å². The molecule has 156 valence electrons. The van der Waals surface area contributed by atoms with E-state index in [2.05, 4.69) is 77.7 Å². The van der Waals surface area contributed by atoms with E-state index in [0.717, 1.165) is 36.3 Å². The van der Waals surface area contributed by atoms with Crippen LogP contribution < -0.4 is 5.32 Å². The number of aromatic amines is 1. The molecule has 0 saturated heterocycles. The Morgan fingerprint density at radius 1 is 1.19 bits per heavy atom. The maximum absolute atomic E-state index is 4.37. The van der Waals surface area contributed by atoms with Gasteiger partial charge in [0.05, 0.1) is 15.9 Å². The lowest BCUT2D eigenvalue weighted by Gasteiger charge is -2.19. The zero-order chi connectivity index (χ0) is 21.1. The van der Waals surface area contributed by atoms with Gasteiger partial charge in [-0.25, -0.2) is 9.50 Å². The summed E-state index contributed by atoms with van der Waals surface area (Å²) in [5.41, 5.74) is 11.3. The molecule has 0 aliphatic carbocycles. The van der Waals surface area contributed by atoms with Crippen molar-refractivity contribution in [3.63, 3.8) is 0 Å². The summed E-state index contributed by atoms with van der Waals surface area (Å²) in [6, 6.07) is 11.3. The van der Waals surface area contributed by atoms with Gasteiger partial charge in [0.1, 0.15) is 6.33 Å². The average Bonchev–Trinajstić information content (AvgIpc) is 3.47. The predicted octanol–water partition coefficient (Wildman–Crippen LogP) is 5.68. The van der Waals surface area contributed by atoms with Crippen molar-refractivity contribution < 1.29 is 0 Å². The van der Waals surface area contributed by atoms with E-state index in [1.165, 1.54) is 43.0 Å². The normalized spacial score (nSPS) is 14.1. The SMILES string of the molecule is Cc1cc(-c2[nH]c3cc(-c4cccc5c4CCNC5)sc3c2C(C)C)cn2ncnc12. The summed E-state index contributed by atoms with van der Waals surface area (Å²) in [5, 5.41) is 7.86. The number of fused-ring (bicyclic) bond motifs is 3. The van der Waals surface area contributed by atoms with Crippen LogP contribution in [0.2, 0.25) is 0 Å². The van der Waals surface area contributed by atoms with Crippen LogP contribution in [0.4, 0.5) is 0 Å². The van der Waals surface area contributed by atoms with Gasteiger partial charge >= 0.3 is 0 Å². The predicted molar refractivity (Wildman–Crippen MR) is 128 cm³/mol. The lowest BCUT2D eigenvalue weighted by Crippen LogP contribution is -2.23. The van der Waals surface area contributed by atoms with Crippen LogP contribution in [0.25, 0.3) is 37.6 Å². The maximum atomic E-state index is 4.37. The van der Waals surface area contributed by atoms with Gasteiger partial charge in [-0.15, -0.1) is 11.3 Å². The fourth-order valence-electron chi connectivity index (χ4n) is 4.90. The molecule has 0 amide bonds. The second-order valence-electron chi connectivity index (χ2n) is 8.73. The molecule has 0 atom stereocenters. The molecule has 1 aliphatic rings. The number of benzene rings is 1. The van der Waals surface area contributed by atoms with Gasteiger partial charge < -0.3 is 10.3 Å². The summed E-state index contributed by atoms with van der Waals surface area (Å²) < 4.78 is 3.24. The highest BCUT2D eigenvalue weighted by molar-refractivity contribution is 7.22. The van der Waals surface area contributed by atoms with E-state index in [4.69, 9.17) is 0 Å². The molecule has 5 heterocycles. The first-order valence-electron chi connectivity index (χ1n) is 10.9. The van der Waals surface area contributed by atoms with Crippen LogP contribution in [0.1, 0.15) is 42.0 Å². The molecule has 1 aliphatic heterocycles. The van der Waals surface area contributed by atoms with E-state index in [1.807, 2.05) is 15.9 Å². The van der Waals surface area contributed by atoms with Gasteiger partial charge in [0.2, 0.25) is 0 Å². The van der Waals surface area contributed by atoms with Crippen LogP contribution in [0, 0.1) is 6.92 Å². The van der Waals surface area contributed by atoms with Crippen molar-refractivity contribution in [1.82, 2.24) is 24.9 Å². The third kappa shape index (κ3) is 2.93. The van der Waals surface area contributed by atoms with Crippen molar-refractivity contribution >= 4 is 27.2 Å². The number of hydrogen-bond acceptors (Lipinski definition) is 4. The molecular formula is C25H25N5S. The number of nitrogens with one attached hydrogen (secondary N) is 2. The van der Waals surface area contributed by atoms with Crippen LogP contribution in [0.5, 0.6) is 0 Å². The summed E-state index contributed by atoms with van der Waals surface area (Å²) >= 11 is 1.92. The number of H-pyrrole nitrogens is 1.